The molecule has 0 spiro atoms. The summed E-state index contributed by atoms with van der Waals surface area (Å²) in [6.07, 6.45) is 2.02. The molecule has 1 saturated carbocycles. The minimum atomic E-state index is -0.370. The molecule has 4 heteroatoms. The molecule has 0 radical (unpaired) electrons. The molecule has 1 aliphatic rings. The summed E-state index contributed by atoms with van der Waals surface area (Å²) < 4.78 is 12.9. The summed E-state index contributed by atoms with van der Waals surface area (Å²) in [5.74, 6) is -0.370. The Kier molecular flexibility index (Phi) is 3.49. The van der Waals surface area contributed by atoms with Gasteiger partial charge in [0.15, 0.2) is 0 Å². The van der Waals surface area contributed by atoms with Crippen LogP contribution in [-0.2, 0) is 6.54 Å². The van der Waals surface area contributed by atoms with E-state index < -0.39 is 0 Å². The molecule has 0 saturated heterocycles. The molecule has 1 aliphatic carbocycles. The van der Waals surface area contributed by atoms with Gasteiger partial charge in [0.25, 0.3) is 0 Å². The Labute approximate surface area is 98.6 Å². The minimum absolute atomic E-state index is 0.179. The number of halogens is 3. The number of nitrogens with one attached hydrogen (secondary N) is 1. The fourth-order valence-electron chi connectivity index (χ4n) is 1.63. The molecular formula is C11H12Cl2FN. The Hall–Kier alpha value is -0.310. The SMILES string of the molecule is Fc1ccc(CNC2CC(Cl)C2)cc1Cl. The van der Waals surface area contributed by atoms with Crippen LogP contribution in [0.2, 0.25) is 5.02 Å². The van der Waals surface area contributed by atoms with Gasteiger partial charge in [0.1, 0.15) is 5.82 Å². The van der Waals surface area contributed by atoms with Crippen molar-refractivity contribution in [3.05, 3.63) is 34.6 Å². The predicted octanol–water partition coefficient (Wildman–Crippen LogP) is 3.34. The number of hydrogen-bond donors (Lipinski definition) is 1. The summed E-state index contributed by atoms with van der Waals surface area (Å²) >= 11 is 11.5. The van der Waals surface area contributed by atoms with Crippen LogP contribution in [0.5, 0.6) is 0 Å². The second-order valence-electron chi connectivity index (χ2n) is 3.89. The first-order chi connectivity index (χ1) is 7.15. The average molecular weight is 248 g/mol. The van der Waals surface area contributed by atoms with Gasteiger partial charge < -0.3 is 5.32 Å². The smallest absolute Gasteiger partial charge is 0.141 e. The van der Waals surface area contributed by atoms with E-state index in [0.29, 0.717) is 18.0 Å². The van der Waals surface area contributed by atoms with Gasteiger partial charge in [0.05, 0.1) is 5.02 Å². The van der Waals surface area contributed by atoms with Crippen molar-refractivity contribution in [3.63, 3.8) is 0 Å². The first kappa shape index (κ1) is 11.2. The van der Waals surface area contributed by atoms with Gasteiger partial charge in [-0.2, -0.15) is 0 Å². The maximum Gasteiger partial charge on any atom is 0.141 e. The van der Waals surface area contributed by atoms with Crippen LogP contribution in [0.25, 0.3) is 0 Å². The van der Waals surface area contributed by atoms with Crippen molar-refractivity contribution in [2.45, 2.75) is 30.8 Å². The lowest BCUT2D eigenvalue weighted by Gasteiger charge is -2.31. The van der Waals surface area contributed by atoms with Gasteiger partial charge >= 0.3 is 0 Å². The lowest BCUT2D eigenvalue weighted by atomic mass is 9.92. The van der Waals surface area contributed by atoms with Crippen molar-refractivity contribution >= 4 is 23.2 Å². The molecule has 2 rings (SSSR count). The van der Waals surface area contributed by atoms with Crippen LogP contribution < -0.4 is 5.32 Å². The number of alkyl halides is 1. The van der Waals surface area contributed by atoms with E-state index in [2.05, 4.69) is 5.32 Å². The molecule has 0 bridgehead atoms. The van der Waals surface area contributed by atoms with Crippen LogP contribution in [0.4, 0.5) is 4.39 Å². The van der Waals surface area contributed by atoms with Gasteiger partial charge in [0, 0.05) is 18.0 Å². The van der Waals surface area contributed by atoms with Crippen LogP contribution in [-0.4, -0.2) is 11.4 Å². The molecule has 1 fully saturated rings. The third kappa shape index (κ3) is 2.83. The minimum Gasteiger partial charge on any atom is -0.310 e. The summed E-state index contributed by atoms with van der Waals surface area (Å²) in [4.78, 5) is 0. The number of rotatable bonds is 3. The molecule has 1 aromatic carbocycles. The van der Waals surface area contributed by atoms with Crippen LogP contribution >= 0.6 is 23.2 Å². The Morgan fingerprint density at radius 1 is 1.40 bits per heavy atom. The highest BCUT2D eigenvalue weighted by Gasteiger charge is 2.26. The monoisotopic (exact) mass is 247 g/mol. The van der Waals surface area contributed by atoms with Gasteiger partial charge in [0.2, 0.25) is 0 Å². The van der Waals surface area contributed by atoms with Gasteiger partial charge in [-0.15, -0.1) is 11.6 Å². The zero-order valence-corrected chi connectivity index (χ0v) is 9.65. The Morgan fingerprint density at radius 2 is 2.13 bits per heavy atom. The molecule has 1 aromatic rings. The quantitative estimate of drug-likeness (QED) is 0.809. The third-order valence-corrected chi connectivity index (χ3v) is 3.31. The van der Waals surface area contributed by atoms with Crippen LogP contribution in [0.1, 0.15) is 18.4 Å². The third-order valence-electron chi connectivity index (χ3n) is 2.66. The highest BCUT2D eigenvalue weighted by molar-refractivity contribution is 6.30. The summed E-state index contributed by atoms with van der Waals surface area (Å²) in [5.41, 5.74) is 0.999. The number of benzene rings is 1. The van der Waals surface area contributed by atoms with E-state index in [4.69, 9.17) is 23.2 Å². The summed E-state index contributed by atoms with van der Waals surface area (Å²) in [6.45, 7) is 0.717. The largest absolute Gasteiger partial charge is 0.310 e. The van der Waals surface area contributed by atoms with Crippen LogP contribution in [0, 0.1) is 5.82 Å². The van der Waals surface area contributed by atoms with E-state index in [9.17, 15) is 4.39 Å². The van der Waals surface area contributed by atoms with Gasteiger partial charge in [-0.05, 0) is 30.5 Å². The average Bonchev–Trinajstić information content (AvgIpc) is 2.16. The Bertz CT molecular complexity index is 350. The maximum absolute atomic E-state index is 12.9. The first-order valence-corrected chi connectivity index (χ1v) is 5.78. The highest BCUT2D eigenvalue weighted by Crippen LogP contribution is 2.25. The van der Waals surface area contributed by atoms with E-state index in [-0.39, 0.29) is 10.8 Å². The second-order valence-corrected chi connectivity index (χ2v) is 4.92. The summed E-state index contributed by atoms with van der Waals surface area (Å²) in [7, 11) is 0. The van der Waals surface area contributed by atoms with E-state index >= 15 is 0 Å². The Morgan fingerprint density at radius 3 is 2.73 bits per heavy atom. The Balaban J connectivity index is 1.86. The summed E-state index contributed by atoms with van der Waals surface area (Å²) in [6, 6.07) is 5.28. The molecule has 0 unspecified atom stereocenters. The van der Waals surface area contributed by atoms with Gasteiger partial charge in [-0.25, -0.2) is 4.39 Å². The van der Waals surface area contributed by atoms with Crippen LogP contribution in [0.15, 0.2) is 18.2 Å². The van der Waals surface area contributed by atoms with Gasteiger partial charge in [-0.3, -0.25) is 0 Å². The van der Waals surface area contributed by atoms with Crippen molar-refractivity contribution in [2.24, 2.45) is 0 Å². The molecule has 0 aliphatic heterocycles. The predicted molar refractivity (Wildman–Crippen MR) is 60.9 cm³/mol. The lowest BCUT2D eigenvalue weighted by molar-refractivity contribution is 0.345. The fraction of sp³-hybridized carbons (Fsp3) is 0.455. The second kappa shape index (κ2) is 4.69. The van der Waals surface area contributed by atoms with E-state index in [0.717, 1.165) is 18.4 Å². The zero-order chi connectivity index (χ0) is 10.8. The zero-order valence-electron chi connectivity index (χ0n) is 8.14. The van der Waals surface area contributed by atoms with E-state index in [1.54, 1.807) is 12.1 Å². The van der Waals surface area contributed by atoms with Crippen LogP contribution in [0.3, 0.4) is 0 Å². The number of hydrogen-bond acceptors (Lipinski definition) is 1. The molecular weight excluding hydrogens is 236 g/mol. The first-order valence-electron chi connectivity index (χ1n) is 4.96. The molecule has 15 heavy (non-hydrogen) atoms. The fourth-order valence-corrected chi connectivity index (χ4v) is 2.26. The topological polar surface area (TPSA) is 12.0 Å². The van der Waals surface area contributed by atoms with E-state index in [1.165, 1.54) is 6.07 Å². The molecule has 0 amide bonds. The maximum atomic E-state index is 12.9. The lowest BCUT2D eigenvalue weighted by Crippen LogP contribution is -2.41. The van der Waals surface area contributed by atoms with Crippen molar-refractivity contribution in [1.29, 1.82) is 0 Å². The molecule has 1 N–H and O–H groups in total. The van der Waals surface area contributed by atoms with Gasteiger partial charge in [-0.1, -0.05) is 17.7 Å². The standard InChI is InChI=1S/C11H12Cl2FN/c12-8-4-9(5-8)15-6-7-1-2-11(14)10(13)3-7/h1-3,8-9,15H,4-6H2. The van der Waals surface area contributed by atoms with E-state index in [1.807, 2.05) is 0 Å². The van der Waals surface area contributed by atoms with Crippen molar-refractivity contribution in [3.8, 4) is 0 Å². The molecule has 0 aromatic heterocycles. The summed E-state index contributed by atoms with van der Waals surface area (Å²) in [5, 5.41) is 3.84. The highest BCUT2D eigenvalue weighted by atomic mass is 35.5. The molecule has 82 valence electrons. The molecule has 0 heterocycles. The normalized spacial score (nSPS) is 25.0. The van der Waals surface area contributed by atoms with Crippen molar-refractivity contribution in [1.82, 2.24) is 5.32 Å². The molecule has 0 atom stereocenters. The van der Waals surface area contributed by atoms with Crippen molar-refractivity contribution in [2.75, 3.05) is 0 Å². The molecule has 1 nitrogen and oxygen atoms in total. The van der Waals surface area contributed by atoms with Crippen molar-refractivity contribution < 1.29 is 4.39 Å².